The third kappa shape index (κ3) is 29.0. The van der Waals surface area contributed by atoms with Gasteiger partial charge in [0, 0.05) is 12.8 Å². The number of phosphoric ester groups is 1. The number of esters is 2. The van der Waals surface area contributed by atoms with Crippen LogP contribution < -0.4 is 0 Å². The first-order valence-corrected chi connectivity index (χ1v) is 25.3. The molecule has 1 saturated carbocycles. The Labute approximate surface area is 357 Å². The lowest BCUT2D eigenvalue weighted by Crippen LogP contribution is -2.64. The summed E-state index contributed by atoms with van der Waals surface area (Å²) in [6, 6.07) is 0. The fourth-order valence-electron chi connectivity index (χ4n) is 7.58. The van der Waals surface area contributed by atoms with Gasteiger partial charge in [-0.2, -0.15) is 0 Å². The summed E-state index contributed by atoms with van der Waals surface area (Å²) in [5, 5.41) is 50.1. The van der Waals surface area contributed by atoms with Gasteiger partial charge in [-0.3, -0.25) is 18.6 Å². The van der Waals surface area contributed by atoms with E-state index in [4.69, 9.17) is 18.5 Å². The first kappa shape index (κ1) is 55.9. The Morgan fingerprint density at radius 2 is 0.763 bits per heavy atom. The van der Waals surface area contributed by atoms with Gasteiger partial charge in [-0.15, -0.1) is 0 Å². The van der Waals surface area contributed by atoms with Gasteiger partial charge in [0.2, 0.25) is 0 Å². The minimum atomic E-state index is -5.11. The second-order valence-electron chi connectivity index (χ2n) is 17.0. The monoisotopic (exact) mass is 867 g/mol. The van der Waals surface area contributed by atoms with Crippen LogP contribution in [0.15, 0.2) is 0 Å². The maximum absolute atomic E-state index is 12.8. The molecule has 0 bridgehead atoms. The predicted molar refractivity (Wildman–Crippen MR) is 231 cm³/mol. The molecule has 0 aromatic carbocycles. The van der Waals surface area contributed by atoms with Gasteiger partial charge in [-0.25, -0.2) is 4.57 Å². The van der Waals surface area contributed by atoms with Crippen molar-refractivity contribution in [2.45, 2.75) is 262 Å². The maximum atomic E-state index is 12.8. The standard InChI is InChI=1S/C45H87O13P/c1-3-5-7-9-11-13-15-17-19-21-23-25-27-29-31-33-38(46)55-35-37(36-56-59(53,54)58-45-43(51)41(49)40(48)42(50)44(45)52)57-39(47)34-32-30-28-26-24-22-20-18-16-14-12-10-8-6-4-2/h37,40-45,48-52H,3-36H2,1-2H3,(H,53,54)/t37-,40?,41-,42+,43-,44-,45?/m1/s1. The van der Waals surface area contributed by atoms with E-state index in [-0.39, 0.29) is 12.8 Å². The first-order valence-electron chi connectivity index (χ1n) is 23.8. The molecule has 1 aliphatic carbocycles. The van der Waals surface area contributed by atoms with E-state index in [2.05, 4.69) is 13.8 Å². The number of aliphatic hydroxyl groups is 5. The molecular weight excluding hydrogens is 779 g/mol. The van der Waals surface area contributed by atoms with E-state index in [0.29, 0.717) is 12.8 Å². The normalized spacial score (nSPS) is 22.2. The van der Waals surface area contributed by atoms with Crippen LogP contribution in [0, 0.1) is 0 Å². The Morgan fingerprint density at radius 1 is 0.458 bits per heavy atom. The fraction of sp³-hybridized carbons (Fsp3) is 0.956. The summed E-state index contributed by atoms with van der Waals surface area (Å²) in [4.78, 5) is 35.7. The van der Waals surface area contributed by atoms with E-state index in [1.54, 1.807) is 0 Å². The zero-order valence-corrected chi connectivity index (χ0v) is 38.0. The number of unbranched alkanes of at least 4 members (excludes halogenated alkanes) is 28. The summed E-state index contributed by atoms with van der Waals surface area (Å²) in [6.07, 6.45) is 22.9. The lowest BCUT2D eigenvalue weighted by molar-refractivity contribution is -0.220. The Hall–Kier alpha value is -1.15. The summed E-state index contributed by atoms with van der Waals surface area (Å²) in [6.45, 7) is 3.33. The first-order chi connectivity index (χ1) is 28.4. The van der Waals surface area contributed by atoms with Crippen LogP contribution in [-0.2, 0) is 32.7 Å². The average Bonchev–Trinajstić information content (AvgIpc) is 3.21. The summed E-state index contributed by atoms with van der Waals surface area (Å²) in [5.74, 6) is -1.08. The van der Waals surface area contributed by atoms with Crippen molar-refractivity contribution in [2.24, 2.45) is 0 Å². The van der Waals surface area contributed by atoms with E-state index in [1.807, 2.05) is 0 Å². The molecule has 0 aromatic heterocycles. The Balaban J connectivity index is 2.43. The molecule has 0 saturated heterocycles. The molecule has 1 aliphatic rings. The zero-order chi connectivity index (χ0) is 43.6. The molecule has 14 heteroatoms. The number of carbonyl (C=O) groups is 2. The maximum Gasteiger partial charge on any atom is 0.472 e. The highest BCUT2D eigenvalue weighted by Gasteiger charge is 2.51. The zero-order valence-electron chi connectivity index (χ0n) is 37.1. The Morgan fingerprint density at radius 3 is 1.12 bits per heavy atom. The molecule has 0 aliphatic heterocycles. The number of ether oxygens (including phenoxy) is 2. The van der Waals surface area contributed by atoms with Gasteiger partial charge >= 0.3 is 19.8 Å². The van der Waals surface area contributed by atoms with Crippen LogP contribution in [0.1, 0.15) is 219 Å². The van der Waals surface area contributed by atoms with Crippen LogP contribution in [0.4, 0.5) is 0 Å². The van der Waals surface area contributed by atoms with Gasteiger partial charge in [0.25, 0.3) is 0 Å². The predicted octanol–water partition coefficient (Wildman–Crippen LogP) is 9.28. The highest BCUT2D eigenvalue weighted by Crippen LogP contribution is 2.47. The van der Waals surface area contributed by atoms with Gasteiger partial charge in [-0.05, 0) is 12.8 Å². The smallest absolute Gasteiger partial charge is 0.462 e. The molecule has 0 spiro atoms. The van der Waals surface area contributed by atoms with Crippen molar-refractivity contribution >= 4 is 19.8 Å². The minimum absolute atomic E-state index is 0.105. The third-order valence-corrected chi connectivity index (χ3v) is 12.4. The van der Waals surface area contributed by atoms with Gasteiger partial charge in [0.1, 0.15) is 43.2 Å². The fourth-order valence-corrected chi connectivity index (χ4v) is 8.56. The highest BCUT2D eigenvalue weighted by atomic mass is 31.2. The van der Waals surface area contributed by atoms with Crippen molar-refractivity contribution in [1.82, 2.24) is 0 Å². The van der Waals surface area contributed by atoms with E-state index >= 15 is 0 Å². The third-order valence-electron chi connectivity index (χ3n) is 11.4. The number of carbonyl (C=O) groups excluding carboxylic acids is 2. The second kappa shape index (κ2) is 36.3. The highest BCUT2D eigenvalue weighted by molar-refractivity contribution is 7.47. The molecule has 8 atom stereocenters. The topological polar surface area (TPSA) is 210 Å². The molecule has 0 heterocycles. The molecule has 0 radical (unpaired) electrons. The van der Waals surface area contributed by atoms with Crippen molar-refractivity contribution in [3.8, 4) is 0 Å². The quantitative estimate of drug-likeness (QED) is 0.0193. The summed E-state index contributed by atoms with van der Waals surface area (Å²) in [7, 11) is -5.11. The molecule has 1 rings (SSSR count). The van der Waals surface area contributed by atoms with E-state index in [9.17, 15) is 44.6 Å². The summed E-state index contributed by atoms with van der Waals surface area (Å²) in [5.41, 5.74) is 0. The van der Waals surface area contributed by atoms with Crippen LogP contribution >= 0.6 is 7.82 Å². The summed E-state index contributed by atoms with van der Waals surface area (Å²) >= 11 is 0. The number of hydrogen-bond acceptors (Lipinski definition) is 12. The Kier molecular flexibility index (Phi) is 34.4. The number of rotatable bonds is 40. The van der Waals surface area contributed by atoms with Crippen LogP contribution in [-0.4, -0.2) is 98.3 Å². The van der Waals surface area contributed by atoms with Crippen molar-refractivity contribution in [1.29, 1.82) is 0 Å². The number of phosphoric acid groups is 1. The molecule has 1 fully saturated rings. The molecule has 350 valence electrons. The van der Waals surface area contributed by atoms with Gasteiger partial charge in [0.15, 0.2) is 6.10 Å². The second-order valence-corrected chi connectivity index (χ2v) is 18.4. The number of aliphatic hydroxyl groups excluding tert-OH is 5. The van der Waals surface area contributed by atoms with Crippen molar-refractivity contribution in [3.63, 3.8) is 0 Å². The van der Waals surface area contributed by atoms with E-state index in [1.165, 1.54) is 141 Å². The van der Waals surface area contributed by atoms with Crippen molar-refractivity contribution in [3.05, 3.63) is 0 Å². The molecule has 0 aromatic rings. The van der Waals surface area contributed by atoms with Crippen LogP contribution in [0.3, 0.4) is 0 Å². The molecule has 13 nitrogen and oxygen atoms in total. The molecule has 0 amide bonds. The van der Waals surface area contributed by atoms with Crippen LogP contribution in [0.5, 0.6) is 0 Å². The molecule has 59 heavy (non-hydrogen) atoms. The van der Waals surface area contributed by atoms with Crippen molar-refractivity contribution < 1.29 is 63.1 Å². The van der Waals surface area contributed by atoms with E-state index < -0.39 is 75.7 Å². The lowest BCUT2D eigenvalue weighted by atomic mass is 9.85. The largest absolute Gasteiger partial charge is 0.472 e. The molecule has 3 unspecified atom stereocenters. The number of hydrogen-bond donors (Lipinski definition) is 6. The average molecular weight is 867 g/mol. The SMILES string of the molecule is CCCCCCCCCCCCCCCCCC(=O)OC[C@H](COP(=O)(O)OC1[C@H](O)[C@H](O)C(O)[C@H](O)[C@H]1O)OC(=O)CCCCCCCCCCCCCCCCC. The van der Waals surface area contributed by atoms with Crippen LogP contribution in [0.2, 0.25) is 0 Å². The Bertz CT molecular complexity index is 1050. The van der Waals surface area contributed by atoms with Gasteiger partial charge < -0.3 is 39.9 Å². The summed E-state index contributed by atoms with van der Waals surface area (Å²) < 4.78 is 33.6. The van der Waals surface area contributed by atoms with E-state index in [0.717, 1.165) is 38.5 Å². The molecular formula is C45H87O13P. The van der Waals surface area contributed by atoms with Crippen molar-refractivity contribution in [2.75, 3.05) is 13.2 Å². The van der Waals surface area contributed by atoms with Crippen LogP contribution in [0.25, 0.3) is 0 Å². The van der Waals surface area contributed by atoms with Gasteiger partial charge in [-0.1, -0.05) is 194 Å². The van der Waals surface area contributed by atoms with Gasteiger partial charge in [0.05, 0.1) is 6.61 Å². The molecule has 6 N–H and O–H groups in total. The lowest BCUT2D eigenvalue weighted by Gasteiger charge is -2.41. The minimum Gasteiger partial charge on any atom is -0.462 e.